The van der Waals surface area contributed by atoms with E-state index in [2.05, 4.69) is 6.92 Å². The molecule has 0 saturated carbocycles. The second-order valence-corrected chi connectivity index (χ2v) is 6.14. The van der Waals surface area contributed by atoms with E-state index in [1.807, 2.05) is 12.1 Å². The molecule has 0 unspecified atom stereocenters. The number of nitriles is 1. The minimum absolute atomic E-state index is 0.00539. The highest BCUT2D eigenvalue weighted by Crippen LogP contribution is 2.31. The van der Waals surface area contributed by atoms with Gasteiger partial charge >= 0.3 is 0 Å². The van der Waals surface area contributed by atoms with Gasteiger partial charge in [-0.05, 0) is 49.6 Å². The van der Waals surface area contributed by atoms with Crippen molar-refractivity contribution in [2.24, 2.45) is 0 Å². The molecule has 6 heteroatoms. The van der Waals surface area contributed by atoms with Crippen LogP contribution in [-0.4, -0.2) is 37.0 Å². The minimum atomic E-state index is -0.545. The van der Waals surface area contributed by atoms with Crippen LogP contribution in [0.1, 0.15) is 39.2 Å². The van der Waals surface area contributed by atoms with Crippen molar-refractivity contribution in [1.29, 1.82) is 5.26 Å². The van der Waals surface area contributed by atoms with Crippen molar-refractivity contribution in [3.63, 3.8) is 0 Å². The monoisotopic (exact) mass is 368 g/mol. The third kappa shape index (κ3) is 4.20. The van der Waals surface area contributed by atoms with E-state index >= 15 is 0 Å². The van der Waals surface area contributed by atoms with Gasteiger partial charge < -0.3 is 9.47 Å². The topological polar surface area (TPSA) is 79.6 Å². The van der Waals surface area contributed by atoms with E-state index in [-0.39, 0.29) is 12.1 Å². The quantitative estimate of drug-likeness (QED) is 0.418. The highest BCUT2D eigenvalue weighted by atomic mass is 16.5. The Morgan fingerprint density at radius 3 is 2.52 bits per heavy atom. The van der Waals surface area contributed by atoms with Crippen LogP contribution in [0.2, 0.25) is 0 Å². The molecule has 1 aromatic carbocycles. The second kappa shape index (κ2) is 9.04. The first kappa shape index (κ1) is 20.2. The molecule has 0 bridgehead atoms. The van der Waals surface area contributed by atoms with Crippen LogP contribution in [0.25, 0.3) is 6.08 Å². The SMILES string of the molecule is CCCCOc1ccc(/C=C2/C(=O)N(CC)C(=O)C(C#N)=C2C)cc1OC. The molecule has 1 aromatic rings. The molecule has 1 heterocycles. The molecular formula is C21H24N2O4. The maximum absolute atomic E-state index is 12.7. The van der Waals surface area contributed by atoms with E-state index < -0.39 is 11.8 Å². The summed E-state index contributed by atoms with van der Waals surface area (Å²) in [4.78, 5) is 26.0. The van der Waals surface area contributed by atoms with Gasteiger partial charge in [0.1, 0.15) is 11.6 Å². The Kier molecular flexibility index (Phi) is 6.78. The predicted octanol–water partition coefficient (Wildman–Crippen LogP) is 3.49. The maximum atomic E-state index is 12.7. The number of likely N-dealkylation sites (N-methyl/N-ethyl adjacent to an activating group) is 1. The summed E-state index contributed by atoms with van der Waals surface area (Å²) >= 11 is 0. The number of rotatable bonds is 7. The summed E-state index contributed by atoms with van der Waals surface area (Å²) in [7, 11) is 1.56. The molecule has 0 aromatic heterocycles. The molecule has 0 N–H and O–H groups in total. The molecular weight excluding hydrogens is 344 g/mol. The van der Waals surface area contributed by atoms with Crippen LogP contribution in [0.5, 0.6) is 11.5 Å². The lowest BCUT2D eigenvalue weighted by atomic mass is 9.93. The lowest BCUT2D eigenvalue weighted by Crippen LogP contribution is -2.42. The van der Waals surface area contributed by atoms with Crippen LogP contribution in [0.15, 0.2) is 34.9 Å². The summed E-state index contributed by atoms with van der Waals surface area (Å²) in [5, 5.41) is 9.31. The molecule has 0 saturated heterocycles. The molecule has 2 rings (SSSR count). The Balaban J connectivity index is 2.44. The van der Waals surface area contributed by atoms with Crippen molar-refractivity contribution in [2.75, 3.05) is 20.3 Å². The molecule has 0 fully saturated rings. The standard InChI is InChI=1S/C21H24N2O4/c1-5-7-10-27-18-9-8-15(12-19(18)26-4)11-16-14(3)17(13-22)21(25)23(6-2)20(16)24/h8-9,11-12H,5-7,10H2,1-4H3/b16-11+. The predicted molar refractivity (Wildman–Crippen MR) is 102 cm³/mol. The first-order valence-corrected chi connectivity index (χ1v) is 8.98. The smallest absolute Gasteiger partial charge is 0.271 e. The van der Waals surface area contributed by atoms with Gasteiger partial charge in [-0.2, -0.15) is 5.26 Å². The highest BCUT2D eigenvalue weighted by molar-refractivity contribution is 6.19. The van der Waals surface area contributed by atoms with E-state index in [0.29, 0.717) is 29.3 Å². The van der Waals surface area contributed by atoms with Crippen LogP contribution >= 0.6 is 0 Å². The van der Waals surface area contributed by atoms with Gasteiger partial charge in [-0.1, -0.05) is 19.4 Å². The van der Waals surface area contributed by atoms with Gasteiger partial charge in [0.25, 0.3) is 11.8 Å². The third-order valence-corrected chi connectivity index (χ3v) is 4.40. The maximum Gasteiger partial charge on any atom is 0.271 e. The zero-order valence-electron chi connectivity index (χ0n) is 16.2. The Morgan fingerprint density at radius 2 is 1.93 bits per heavy atom. The number of nitrogens with zero attached hydrogens (tertiary/aromatic N) is 2. The number of carbonyl (C=O) groups excluding carboxylic acids is 2. The summed E-state index contributed by atoms with van der Waals surface area (Å²) < 4.78 is 11.1. The summed E-state index contributed by atoms with van der Waals surface area (Å²) in [6.07, 6.45) is 3.65. The molecule has 0 radical (unpaired) electrons. The molecule has 6 nitrogen and oxygen atoms in total. The number of imide groups is 1. The van der Waals surface area contributed by atoms with Crippen molar-refractivity contribution >= 4 is 17.9 Å². The Morgan fingerprint density at radius 1 is 1.19 bits per heavy atom. The zero-order valence-corrected chi connectivity index (χ0v) is 16.2. The fraction of sp³-hybridized carbons (Fsp3) is 0.381. The molecule has 27 heavy (non-hydrogen) atoms. The van der Waals surface area contributed by atoms with E-state index in [1.54, 1.807) is 39.2 Å². The summed E-state index contributed by atoms with van der Waals surface area (Å²) in [6.45, 7) is 6.22. The van der Waals surface area contributed by atoms with E-state index in [9.17, 15) is 14.9 Å². The molecule has 1 aliphatic heterocycles. The van der Waals surface area contributed by atoms with Gasteiger partial charge in [-0.15, -0.1) is 0 Å². The van der Waals surface area contributed by atoms with E-state index in [1.165, 1.54) is 0 Å². The number of amides is 2. The van der Waals surface area contributed by atoms with Crippen molar-refractivity contribution in [2.45, 2.75) is 33.6 Å². The van der Waals surface area contributed by atoms with Gasteiger partial charge in [0.2, 0.25) is 0 Å². The van der Waals surface area contributed by atoms with E-state index in [4.69, 9.17) is 9.47 Å². The van der Waals surface area contributed by atoms with Crippen molar-refractivity contribution in [3.05, 3.63) is 40.5 Å². The van der Waals surface area contributed by atoms with Gasteiger partial charge in [0.05, 0.1) is 13.7 Å². The summed E-state index contributed by atoms with van der Waals surface area (Å²) in [5.41, 5.74) is 1.43. The van der Waals surface area contributed by atoms with Crippen LogP contribution in [-0.2, 0) is 9.59 Å². The van der Waals surface area contributed by atoms with Crippen LogP contribution in [0, 0.1) is 11.3 Å². The Labute approximate surface area is 159 Å². The number of unbranched alkanes of at least 4 members (excludes halogenated alkanes) is 1. The highest BCUT2D eigenvalue weighted by Gasteiger charge is 2.34. The molecule has 0 aliphatic carbocycles. The number of carbonyl (C=O) groups is 2. The fourth-order valence-electron chi connectivity index (χ4n) is 2.80. The zero-order chi connectivity index (χ0) is 20.0. The largest absolute Gasteiger partial charge is 0.493 e. The molecule has 0 atom stereocenters. The molecule has 2 amide bonds. The third-order valence-electron chi connectivity index (χ3n) is 4.40. The van der Waals surface area contributed by atoms with E-state index in [0.717, 1.165) is 23.3 Å². The normalized spacial score (nSPS) is 16.0. The first-order chi connectivity index (χ1) is 13.0. The fourth-order valence-corrected chi connectivity index (χ4v) is 2.80. The second-order valence-electron chi connectivity index (χ2n) is 6.14. The van der Waals surface area contributed by atoms with Crippen molar-refractivity contribution < 1.29 is 19.1 Å². The van der Waals surface area contributed by atoms with Crippen LogP contribution in [0.4, 0.5) is 0 Å². The number of hydrogen-bond acceptors (Lipinski definition) is 5. The first-order valence-electron chi connectivity index (χ1n) is 8.98. The van der Waals surface area contributed by atoms with Gasteiger partial charge in [-0.3, -0.25) is 14.5 Å². The van der Waals surface area contributed by atoms with Crippen molar-refractivity contribution in [1.82, 2.24) is 4.90 Å². The number of ether oxygens (including phenoxy) is 2. The van der Waals surface area contributed by atoms with Crippen molar-refractivity contribution in [3.8, 4) is 17.6 Å². The minimum Gasteiger partial charge on any atom is -0.493 e. The summed E-state index contributed by atoms with van der Waals surface area (Å²) in [5.74, 6) is 0.255. The summed E-state index contributed by atoms with van der Waals surface area (Å²) in [6, 6.07) is 7.29. The number of methoxy groups -OCH3 is 1. The average Bonchev–Trinajstić information content (AvgIpc) is 2.67. The average molecular weight is 368 g/mol. The van der Waals surface area contributed by atoms with Crippen LogP contribution in [0.3, 0.4) is 0 Å². The Bertz CT molecular complexity index is 846. The van der Waals surface area contributed by atoms with Gasteiger partial charge in [-0.25, -0.2) is 0 Å². The van der Waals surface area contributed by atoms with Gasteiger partial charge in [0, 0.05) is 12.1 Å². The molecule has 1 aliphatic rings. The Hall–Kier alpha value is -3.07. The van der Waals surface area contributed by atoms with Gasteiger partial charge in [0.15, 0.2) is 11.5 Å². The lowest BCUT2D eigenvalue weighted by Gasteiger charge is -2.26. The number of benzene rings is 1. The molecule has 0 spiro atoms. The lowest BCUT2D eigenvalue weighted by molar-refractivity contribution is -0.140. The van der Waals surface area contributed by atoms with Crippen LogP contribution < -0.4 is 9.47 Å². The number of hydrogen-bond donors (Lipinski definition) is 0. The molecule has 142 valence electrons.